The first-order chi connectivity index (χ1) is 9.85. The fraction of sp³-hybridized carbons (Fsp3) is 0.267. The molecule has 0 bridgehead atoms. The number of furan rings is 1. The van der Waals surface area contributed by atoms with Crippen LogP contribution in [-0.4, -0.2) is 11.2 Å². The molecule has 0 aliphatic rings. The zero-order valence-corrected chi connectivity index (χ0v) is 12.9. The smallest absolute Gasteiger partial charge is 0.118 e. The second-order valence-electron chi connectivity index (χ2n) is 4.48. The molecule has 3 aromatic rings. The molecule has 0 fully saturated rings. The van der Waals surface area contributed by atoms with E-state index in [-0.39, 0.29) is 0 Å². The number of hydrogen-bond acceptors (Lipinski definition) is 5. The summed E-state index contributed by atoms with van der Waals surface area (Å²) in [7, 11) is 0. The minimum Gasteiger partial charge on any atom is -0.464 e. The minimum atomic E-state index is 0.740. The molecule has 0 radical (unpaired) electrons. The highest BCUT2D eigenvalue weighted by molar-refractivity contribution is 7.97. The molecule has 5 heteroatoms. The second-order valence-corrected chi connectivity index (χ2v) is 6.46. The number of thiazole rings is 1. The van der Waals surface area contributed by atoms with Gasteiger partial charge in [-0.1, -0.05) is 12.1 Å². The summed E-state index contributed by atoms with van der Waals surface area (Å²) < 4.78 is 6.96. The fourth-order valence-electron chi connectivity index (χ4n) is 2.03. The number of fused-ring (bicyclic) bond motifs is 1. The maximum atomic E-state index is 5.72. The number of para-hydroxylation sites is 1. The molecule has 1 aromatic carbocycles. The van der Waals surface area contributed by atoms with Gasteiger partial charge in [0, 0.05) is 6.54 Å². The predicted octanol–water partition coefficient (Wildman–Crippen LogP) is 4.04. The number of hydrogen-bond donors (Lipinski definition) is 1. The summed E-state index contributed by atoms with van der Waals surface area (Å²) in [5, 5.41) is 4.49. The van der Waals surface area contributed by atoms with Gasteiger partial charge in [-0.2, -0.15) is 11.8 Å². The molecular formula is C15H16N2OS2. The van der Waals surface area contributed by atoms with Crippen molar-refractivity contribution in [2.75, 3.05) is 6.26 Å². The van der Waals surface area contributed by atoms with Crippen molar-refractivity contribution in [3.63, 3.8) is 0 Å². The Kier molecular flexibility index (Phi) is 4.40. The van der Waals surface area contributed by atoms with E-state index in [9.17, 15) is 0 Å². The maximum Gasteiger partial charge on any atom is 0.118 e. The summed E-state index contributed by atoms with van der Waals surface area (Å²) in [6, 6.07) is 12.3. The van der Waals surface area contributed by atoms with Crippen LogP contribution >= 0.6 is 23.1 Å². The van der Waals surface area contributed by atoms with Gasteiger partial charge in [-0.25, -0.2) is 4.98 Å². The number of benzene rings is 1. The van der Waals surface area contributed by atoms with E-state index in [4.69, 9.17) is 4.42 Å². The molecule has 0 atom stereocenters. The number of nitrogens with zero attached hydrogens (tertiary/aromatic N) is 1. The highest BCUT2D eigenvalue weighted by Gasteiger charge is 2.04. The zero-order valence-electron chi connectivity index (χ0n) is 11.3. The molecule has 0 spiro atoms. The minimum absolute atomic E-state index is 0.740. The van der Waals surface area contributed by atoms with Crippen molar-refractivity contribution in [2.45, 2.75) is 18.8 Å². The van der Waals surface area contributed by atoms with Crippen LogP contribution in [0.3, 0.4) is 0 Å². The molecule has 20 heavy (non-hydrogen) atoms. The average Bonchev–Trinajstić information content (AvgIpc) is 3.05. The van der Waals surface area contributed by atoms with Gasteiger partial charge in [0.2, 0.25) is 0 Å². The summed E-state index contributed by atoms with van der Waals surface area (Å²) in [6.45, 7) is 1.52. The summed E-state index contributed by atoms with van der Waals surface area (Å²) in [4.78, 5) is 4.60. The molecule has 0 unspecified atom stereocenters. The van der Waals surface area contributed by atoms with Crippen LogP contribution < -0.4 is 5.32 Å². The van der Waals surface area contributed by atoms with Crippen LogP contribution in [0.2, 0.25) is 0 Å². The van der Waals surface area contributed by atoms with Crippen molar-refractivity contribution >= 4 is 33.3 Å². The van der Waals surface area contributed by atoms with E-state index in [0.29, 0.717) is 0 Å². The summed E-state index contributed by atoms with van der Waals surface area (Å²) in [5.74, 6) is 2.95. The topological polar surface area (TPSA) is 38.1 Å². The number of nitrogens with one attached hydrogen (secondary N) is 1. The Morgan fingerprint density at radius 3 is 2.85 bits per heavy atom. The van der Waals surface area contributed by atoms with E-state index in [2.05, 4.69) is 28.7 Å². The van der Waals surface area contributed by atoms with Crippen LogP contribution in [0.5, 0.6) is 0 Å². The quantitative estimate of drug-likeness (QED) is 0.746. The standard InChI is InChI=1S/C15H16N2OS2/c1-19-10-12-7-6-11(18-12)8-16-9-15-17-13-4-2-3-5-14(13)20-15/h2-7,16H,8-10H2,1H3. The Morgan fingerprint density at radius 1 is 1.15 bits per heavy atom. The van der Waals surface area contributed by atoms with Gasteiger partial charge in [-0.15, -0.1) is 11.3 Å². The lowest BCUT2D eigenvalue weighted by Crippen LogP contribution is -2.11. The highest BCUT2D eigenvalue weighted by atomic mass is 32.2. The summed E-state index contributed by atoms with van der Waals surface area (Å²) in [5.41, 5.74) is 1.08. The Hall–Kier alpha value is -1.30. The van der Waals surface area contributed by atoms with Crippen molar-refractivity contribution in [3.05, 3.63) is 52.9 Å². The first-order valence-corrected chi connectivity index (χ1v) is 8.68. The molecule has 2 heterocycles. The van der Waals surface area contributed by atoms with Gasteiger partial charge < -0.3 is 9.73 Å². The Labute approximate surface area is 126 Å². The zero-order chi connectivity index (χ0) is 13.8. The molecule has 0 aliphatic heterocycles. The van der Waals surface area contributed by atoms with Gasteiger partial charge in [0.1, 0.15) is 16.5 Å². The van der Waals surface area contributed by atoms with Gasteiger partial charge >= 0.3 is 0 Å². The van der Waals surface area contributed by atoms with Crippen molar-refractivity contribution in [1.29, 1.82) is 0 Å². The monoisotopic (exact) mass is 304 g/mol. The van der Waals surface area contributed by atoms with Gasteiger partial charge in [0.25, 0.3) is 0 Å². The normalized spacial score (nSPS) is 11.2. The van der Waals surface area contributed by atoms with E-state index in [1.54, 1.807) is 23.1 Å². The van der Waals surface area contributed by atoms with E-state index in [0.717, 1.165) is 40.9 Å². The van der Waals surface area contributed by atoms with E-state index in [1.165, 1.54) is 4.70 Å². The lowest BCUT2D eigenvalue weighted by molar-refractivity contribution is 0.459. The maximum absolute atomic E-state index is 5.72. The molecule has 1 N–H and O–H groups in total. The van der Waals surface area contributed by atoms with Gasteiger partial charge in [-0.05, 0) is 30.5 Å². The third-order valence-electron chi connectivity index (χ3n) is 2.92. The largest absolute Gasteiger partial charge is 0.464 e. The highest BCUT2D eigenvalue weighted by Crippen LogP contribution is 2.21. The molecule has 0 saturated carbocycles. The third-order valence-corrected chi connectivity index (χ3v) is 4.53. The summed E-state index contributed by atoms with van der Waals surface area (Å²) in [6.07, 6.45) is 2.08. The first kappa shape index (κ1) is 13.7. The first-order valence-electron chi connectivity index (χ1n) is 6.47. The number of thioether (sulfide) groups is 1. The van der Waals surface area contributed by atoms with Gasteiger partial charge in [0.05, 0.1) is 22.5 Å². The predicted molar refractivity (Wildman–Crippen MR) is 86.1 cm³/mol. The van der Waals surface area contributed by atoms with E-state index >= 15 is 0 Å². The number of rotatable bonds is 6. The van der Waals surface area contributed by atoms with Crippen molar-refractivity contribution in [1.82, 2.24) is 10.3 Å². The average molecular weight is 304 g/mol. The van der Waals surface area contributed by atoms with Crippen molar-refractivity contribution < 1.29 is 4.42 Å². The van der Waals surface area contributed by atoms with Crippen LogP contribution in [0.15, 0.2) is 40.8 Å². The number of aromatic nitrogens is 1. The van der Waals surface area contributed by atoms with E-state index in [1.807, 2.05) is 24.3 Å². The fourth-order valence-corrected chi connectivity index (χ4v) is 3.40. The molecular weight excluding hydrogens is 288 g/mol. The molecule has 104 valence electrons. The van der Waals surface area contributed by atoms with Crippen molar-refractivity contribution in [3.8, 4) is 0 Å². The van der Waals surface area contributed by atoms with Crippen LogP contribution in [0, 0.1) is 0 Å². The lowest BCUT2D eigenvalue weighted by Gasteiger charge is -1.99. The lowest BCUT2D eigenvalue weighted by atomic mass is 10.3. The SMILES string of the molecule is CSCc1ccc(CNCc2nc3ccccc3s2)o1. The molecule has 0 amide bonds. The van der Waals surface area contributed by atoms with Crippen LogP contribution in [-0.2, 0) is 18.8 Å². The Bertz CT molecular complexity index is 657. The van der Waals surface area contributed by atoms with Crippen LogP contribution in [0.4, 0.5) is 0 Å². The van der Waals surface area contributed by atoms with Crippen molar-refractivity contribution in [2.24, 2.45) is 0 Å². The van der Waals surface area contributed by atoms with Crippen LogP contribution in [0.25, 0.3) is 10.2 Å². The van der Waals surface area contributed by atoms with Gasteiger partial charge in [-0.3, -0.25) is 0 Å². The molecule has 3 nitrogen and oxygen atoms in total. The Morgan fingerprint density at radius 2 is 2.00 bits per heavy atom. The Balaban J connectivity index is 1.56. The van der Waals surface area contributed by atoms with E-state index < -0.39 is 0 Å². The molecule has 0 saturated heterocycles. The molecule has 3 rings (SSSR count). The summed E-state index contributed by atoms with van der Waals surface area (Å²) >= 11 is 3.51. The van der Waals surface area contributed by atoms with Gasteiger partial charge in [0.15, 0.2) is 0 Å². The second kappa shape index (κ2) is 6.43. The molecule has 0 aliphatic carbocycles. The van der Waals surface area contributed by atoms with Crippen LogP contribution in [0.1, 0.15) is 16.5 Å². The third kappa shape index (κ3) is 3.23. The molecule has 2 aromatic heterocycles.